The average Bonchev–Trinajstić information content (AvgIpc) is 2.48. The Morgan fingerprint density at radius 2 is 2.15 bits per heavy atom. The number of benzene rings is 1. The fourth-order valence-corrected chi connectivity index (χ4v) is 2.64. The van der Waals surface area contributed by atoms with Gasteiger partial charge < -0.3 is 14.8 Å². The van der Waals surface area contributed by atoms with Crippen LogP contribution in [0.15, 0.2) is 22.7 Å². The van der Waals surface area contributed by atoms with Crippen LogP contribution in [-0.2, 0) is 16.0 Å². The van der Waals surface area contributed by atoms with Crippen LogP contribution in [0.5, 0.6) is 5.75 Å². The SMILES string of the molecule is COc1ccc(Br)c(CC(=O)COC2CCNCC2)c1. The first kappa shape index (κ1) is 15.5. The lowest BCUT2D eigenvalue weighted by Gasteiger charge is -2.22. The van der Waals surface area contributed by atoms with Gasteiger partial charge in [-0.15, -0.1) is 0 Å². The maximum atomic E-state index is 12.0. The second-order valence-electron chi connectivity index (χ2n) is 4.93. The van der Waals surface area contributed by atoms with Crippen molar-refractivity contribution in [2.24, 2.45) is 0 Å². The number of piperidine rings is 1. The van der Waals surface area contributed by atoms with Crippen LogP contribution < -0.4 is 10.1 Å². The molecule has 1 heterocycles. The van der Waals surface area contributed by atoms with Crippen molar-refractivity contribution in [3.05, 3.63) is 28.2 Å². The van der Waals surface area contributed by atoms with Gasteiger partial charge in [-0.25, -0.2) is 0 Å². The molecule has 1 fully saturated rings. The molecule has 1 aromatic rings. The van der Waals surface area contributed by atoms with Crippen LogP contribution in [0.4, 0.5) is 0 Å². The highest BCUT2D eigenvalue weighted by atomic mass is 79.9. The number of hydrogen-bond donors (Lipinski definition) is 1. The van der Waals surface area contributed by atoms with Gasteiger partial charge in [0.25, 0.3) is 0 Å². The monoisotopic (exact) mass is 341 g/mol. The molecule has 0 aliphatic carbocycles. The quantitative estimate of drug-likeness (QED) is 0.862. The molecule has 0 atom stereocenters. The molecule has 20 heavy (non-hydrogen) atoms. The number of halogens is 1. The van der Waals surface area contributed by atoms with Crippen molar-refractivity contribution < 1.29 is 14.3 Å². The van der Waals surface area contributed by atoms with Crippen molar-refractivity contribution >= 4 is 21.7 Å². The van der Waals surface area contributed by atoms with Gasteiger partial charge in [-0.3, -0.25) is 4.79 Å². The minimum Gasteiger partial charge on any atom is -0.497 e. The minimum absolute atomic E-state index is 0.0949. The summed E-state index contributed by atoms with van der Waals surface area (Å²) in [6.07, 6.45) is 2.55. The summed E-state index contributed by atoms with van der Waals surface area (Å²) in [6, 6.07) is 5.64. The number of Topliss-reactive ketones (excluding diaryl/α,β-unsaturated/α-hetero) is 1. The fraction of sp³-hybridized carbons (Fsp3) is 0.533. The molecule has 1 saturated heterocycles. The summed E-state index contributed by atoms with van der Waals surface area (Å²) in [5.41, 5.74) is 0.934. The summed E-state index contributed by atoms with van der Waals surface area (Å²) < 4.78 is 11.8. The summed E-state index contributed by atoms with van der Waals surface area (Å²) in [7, 11) is 1.62. The van der Waals surface area contributed by atoms with Crippen molar-refractivity contribution in [3.63, 3.8) is 0 Å². The Bertz CT molecular complexity index is 458. The minimum atomic E-state index is 0.0949. The number of carbonyl (C=O) groups is 1. The molecule has 0 spiro atoms. The van der Waals surface area contributed by atoms with Crippen LogP contribution >= 0.6 is 15.9 Å². The van der Waals surface area contributed by atoms with E-state index in [2.05, 4.69) is 21.2 Å². The zero-order chi connectivity index (χ0) is 14.4. The van der Waals surface area contributed by atoms with Crippen molar-refractivity contribution in [2.45, 2.75) is 25.4 Å². The normalized spacial score (nSPS) is 16.1. The lowest BCUT2D eigenvalue weighted by molar-refractivity contribution is -0.125. The van der Waals surface area contributed by atoms with E-state index in [0.717, 1.165) is 41.7 Å². The average molecular weight is 342 g/mol. The van der Waals surface area contributed by atoms with Gasteiger partial charge >= 0.3 is 0 Å². The molecule has 1 N–H and O–H groups in total. The van der Waals surface area contributed by atoms with Crippen molar-refractivity contribution in [3.8, 4) is 5.75 Å². The van der Waals surface area contributed by atoms with E-state index < -0.39 is 0 Å². The van der Waals surface area contributed by atoms with Gasteiger partial charge in [-0.2, -0.15) is 0 Å². The fourth-order valence-electron chi connectivity index (χ4n) is 2.25. The first-order valence-corrected chi connectivity index (χ1v) is 7.65. The Labute approximate surface area is 128 Å². The number of nitrogens with one attached hydrogen (secondary N) is 1. The topological polar surface area (TPSA) is 47.6 Å². The zero-order valence-electron chi connectivity index (χ0n) is 11.7. The van der Waals surface area contributed by atoms with Gasteiger partial charge in [0.05, 0.1) is 13.2 Å². The van der Waals surface area contributed by atoms with Crippen molar-refractivity contribution in [1.82, 2.24) is 5.32 Å². The Morgan fingerprint density at radius 3 is 2.85 bits per heavy atom. The van der Waals surface area contributed by atoms with Crippen molar-refractivity contribution in [1.29, 1.82) is 0 Å². The number of rotatable bonds is 6. The first-order chi connectivity index (χ1) is 9.69. The Hall–Kier alpha value is -0.910. The van der Waals surface area contributed by atoms with E-state index in [1.165, 1.54) is 0 Å². The molecule has 0 saturated carbocycles. The molecule has 0 bridgehead atoms. The molecule has 0 radical (unpaired) electrons. The molecule has 0 aromatic heterocycles. The highest BCUT2D eigenvalue weighted by Crippen LogP contribution is 2.23. The standard InChI is InChI=1S/C15H20BrNO3/c1-19-14-2-3-15(16)11(9-14)8-12(18)10-20-13-4-6-17-7-5-13/h2-3,9,13,17H,4-8,10H2,1H3. The molecular weight excluding hydrogens is 322 g/mol. The maximum Gasteiger partial charge on any atom is 0.162 e. The second kappa shape index (κ2) is 7.76. The van der Waals surface area contributed by atoms with Crippen LogP contribution in [0.25, 0.3) is 0 Å². The Morgan fingerprint density at radius 1 is 1.40 bits per heavy atom. The van der Waals surface area contributed by atoms with Crippen LogP contribution in [-0.4, -0.2) is 38.7 Å². The smallest absolute Gasteiger partial charge is 0.162 e. The van der Waals surface area contributed by atoms with Crippen molar-refractivity contribution in [2.75, 3.05) is 26.8 Å². The van der Waals surface area contributed by atoms with Crippen LogP contribution in [0.1, 0.15) is 18.4 Å². The first-order valence-electron chi connectivity index (χ1n) is 6.85. The molecule has 110 valence electrons. The number of carbonyl (C=O) groups excluding carboxylic acids is 1. The van der Waals surface area contributed by atoms with Gasteiger partial charge in [-0.1, -0.05) is 15.9 Å². The van der Waals surface area contributed by atoms with E-state index in [1.807, 2.05) is 18.2 Å². The molecule has 0 amide bonds. The van der Waals surface area contributed by atoms with E-state index in [9.17, 15) is 4.79 Å². The third-order valence-electron chi connectivity index (χ3n) is 3.41. The summed E-state index contributed by atoms with van der Waals surface area (Å²) in [6.45, 7) is 2.13. The highest BCUT2D eigenvalue weighted by Gasteiger charge is 2.15. The molecule has 1 aliphatic heterocycles. The zero-order valence-corrected chi connectivity index (χ0v) is 13.2. The van der Waals surface area contributed by atoms with E-state index in [0.29, 0.717) is 6.42 Å². The molecule has 0 unspecified atom stereocenters. The predicted octanol–water partition coefficient (Wildman–Crippen LogP) is 2.34. The number of ether oxygens (including phenoxy) is 2. The molecule has 2 rings (SSSR count). The van der Waals surface area contributed by atoms with Gasteiger partial charge in [0.2, 0.25) is 0 Å². The van der Waals surface area contributed by atoms with Gasteiger partial charge in [0.15, 0.2) is 5.78 Å². The van der Waals surface area contributed by atoms with Crippen LogP contribution in [0, 0.1) is 0 Å². The van der Waals surface area contributed by atoms with Gasteiger partial charge in [0.1, 0.15) is 12.4 Å². The van der Waals surface area contributed by atoms with Crippen LogP contribution in [0.3, 0.4) is 0 Å². The predicted molar refractivity (Wildman–Crippen MR) is 81.2 cm³/mol. The summed E-state index contributed by atoms with van der Waals surface area (Å²) in [4.78, 5) is 12.0. The van der Waals surface area contributed by atoms with E-state index in [4.69, 9.17) is 9.47 Å². The molecule has 4 nitrogen and oxygen atoms in total. The highest BCUT2D eigenvalue weighted by molar-refractivity contribution is 9.10. The van der Waals surface area contributed by atoms with E-state index >= 15 is 0 Å². The molecule has 5 heteroatoms. The molecular formula is C15H20BrNO3. The van der Waals surface area contributed by atoms with Gasteiger partial charge in [0, 0.05) is 10.9 Å². The third kappa shape index (κ3) is 4.58. The maximum absolute atomic E-state index is 12.0. The molecule has 1 aliphatic rings. The van der Waals surface area contributed by atoms with E-state index in [1.54, 1.807) is 7.11 Å². The number of methoxy groups -OCH3 is 1. The second-order valence-corrected chi connectivity index (χ2v) is 5.79. The Balaban J connectivity index is 1.84. The summed E-state index contributed by atoms with van der Waals surface area (Å²) in [5.74, 6) is 0.854. The summed E-state index contributed by atoms with van der Waals surface area (Å²) >= 11 is 3.46. The largest absolute Gasteiger partial charge is 0.497 e. The number of ketones is 1. The van der Waals surface area contributed by atoms with Gasteiger partial charge in [-0.05, 0) is 49.7 Å². The van der Waals surface area contributed by atoms with Crippen LogP contribution in [0.2, 0.25) is 0 Å². The summed E-state index contributed by atoms with van der Waals surface area (Å²) in [5, 5.41) is 3.28. The lowest BCUT2D eigenvalue weighted by atomic mass is 10.1. The van der Waals surface area contributed by atoms with E-state index in [-0.39, 0.29) is 18.5 Å². The molecule has 1 aromatic carbocycles. The third-order valence-corrected chi connectivity index (χ3v) is 4.18. The number of hydrogen-bond acceptors (Lipinski definition) is 4. The lowest BCUT2D eigenvalue weighted by Crippen LogP contribution is -2.33. The Kier molecular flexibility index (Phi) is 6.01.